The van der Waals surface area contributed by atoms with E-state index in [2.05, 4.69) is 0 Å². The summed E-state index contributed by atoms with van der Waals surface area (Å²) in [7, 11) is 0. The molecule has 1 spiro atoms. The minimum absolute atomic E-state index is 0.195. The first-order valence-electron chi connectivity index (χ1n) is 10.9. The lowest BCUT2D eigenvalue weighted by Crippen LogP contribution is -2.51. The highest BCUT2D eigenvalue weighted by molar-refractivity contribution is 6.37. The van der Waals surface area contributed by atoms with Crippen LogP contribution in [0.1, 0.15) is 37.9 Å². The Bertz CT molecular complexity index is 1380. The van der Waals surface area contributed by atoms with Gasteiger partial charge in [0.15, 0.2) is 0 Å². The molecule has 2 saturated heterocycles. The zero-order valence-corrected chi connectivity index (χ0v) is 18.8. The zero-order chi connectivity index (χ0) is 23.8. The van der Waals surface area contributed by atoms with Crippen LogP contribution in [0.5, 0.6) is 0 Å². The molecule has 0 aromatic heterocycles. The number of benzene rings is 3. The van der Waals surface area contributed by atoms with Crippen molar-refractivity contribution >= 4 is 40.7 Å². The minimum Gasteiger partial charge on any atom is -0.349 e. The van der Waals surface area contributed by atoms with Gasteiger partial charge in [-0.05, 0) is 25.1 Å². The molecule has 1 aliphatic carbocycles. The van der Waals surface area contributed by atoms with Crippen LogP contribution in [0.25, 0.3) is 0 Å². The van der Waals surface area contributed by atoms with Gasteiger partial charge < -0.3 is 4.74 Å². The smallest absolute Gasteiger partial charge is 0.241 e. The Kier molecular flexibility index (Phi) is 4.43. The highest BCUT2D eigenvalue weighted by atomic mass is 35.5. The maximum atomic E-state index is 13.8. The van der Waals surface area contributed by atoms with Crippen molar-refractivity contribution in [2.24, 2.45) is 11.8 Å². The molecule has 2 fully saturated rings. The molecule has 2 heterocycles. The van der Waals surface area contributed by atoms with Crippen LogP contribution in [0.15, 0.2) is 72.8 Å². The van der Waals surface area contributed by atoms with E-state index < -0.39 is 46.9 Å². The molecule has 0 N–H and O–H groups in total. The zero-order valence-electron chi connectivity index (χ0n) is 18.0. The Hall–Kier alpha value is -3.61. The molecule has 7 heteroatoms. The number of hydrogen-bond acceptors (Lipinski definition) is 5. The summed E-state index contributed by atoms with van der Waals surface area (Å²) in [5.74, 6) is -4.69. The number of hydrogen-bond donors (Lipinski definition) is 0. The molecular weight excluding hydrogens is 454 g/mol. The van der Waals surface area contributed by atoms with Crippen LogP contribution in [-0.2, 0) is 14.3 Å². The standard InChI is InChI=1S/C27H18ClNO5/c1-14-10-12-15(13-11-14)29-25(32)20-21(26(29)33)27(34-22(20)18-8-4-5-9-19(18)28)23(30)16-6-2-3-7-17(16)24(27)31/h2-13,20-22H,1H3/t20-,21+,22+/m1/s1. The molecular formula is C27H18ClNO5. The van der Waals surface area contributed by atoms with E-state index in [1.165, 1.54) is 0 Å². The number of carbonyl (C=O) groups excluding carboxylic acids is 4. The van der Waals surface area contributed by atoms with Gasteiger partial charge in [0.05, 0.1) is 23.6 Å². The van der Waals surface area contributed by atoms with E-state index in [-0.39, 0.29) is 11.1 Å². The SMILES string of the molecule is Cc1ccc(N2C(=O)[C@@H]3[C@@H](C2=O)C2(O[C@H]3c3ccccc3Cl)C(=O)c3ccccc3C2=O)cc1. The normalized spacial score (nSPS) is 24.8. The van der Waals surface area contributed by atoms with E-state index in [9.17, 15) is 19.2 Å². The Labute approximate surface area is 200 Å². The van der Waals surface area contributed by atoms with E-state index in [1.54, 1.807) is 72.8 Å². The van der Waals surface area contributed by atoms with Crippen molar-refractivity contribution in [3.8, 4) is 0 Å². The lowest BCUT2D eigenvalue weighted by Gasteiger charge is -2.27. The van der Waals surface area contributed by atoms with Crippen molar-refractivity contribution in [3.63, 3.8) is 0 Å². The Balaban J connectivity index is 1.56. The monoisotopic (exact) mass is 471 g/mol. The first-order chi connectivity index (χ1) is 16.4. The predicted octanol–water partition coefficient (Wildman–Crippen LogP) is 4.34. The maximum Gasteiger partial charge on any atom is 0.241 e. The number of Topliss-reactive ketones (excluding diaryl/α,β-unsaturated/α-hetero) is 2. The van der Waals surface area contributed by atoms with Gasteiger partial charge in [0.25, 0.3) is 0 Å². The van der Waals surface area contributed by atoms with Crippen LogP contribution in [-0.4, -0.2) is 29.0 Å². The van der Waals surface area contributed by atoms with Crippen LogP contribution in [0.3, 0.4) is 0 Å². The molecule has 3 aliphatic rings. The molecule has 6 nitrogen and oxygen atoms in total. The number of ketones is 2. The molecule has 34 heavy (non-hydrogen) atoms. The number of halogens is 1. The predicted molar refractivity (Wildman–Crippen MR) is 124 cm³/mol. The van der Waals surface area contributed by atoms with Crippen LogP contribution < -0.4 is 4.90 Å². The molecule has 0 radical (unpaired) electrons. The second-order valence-electron chi connectivity index (χ2n) is 8.85. The third-order valence-electron chi connectivity index (χ3n) is 7.02. The fourth-order valence-corrected chi connectivity index (χ4v) is 5.70. The molecule has 3 aromatic rings. The topological polar surface area (TPSA) is 80.8 Å². The van der Waals surface area contributed by atoms with Crippen molar-refractivity contribution in [1.29, 1.82) is 0 Å². The number of carbonyl (C=O) groups is 4. The number of imide groups is 1. The first-order valence-corrected chi connectivity index (χ1v) is 11.3. The van der Waals surface area contributed by atoms with E-state index in [0.717, 1.165) is 10.5 Å². The molecule has 3 aromatic carbocycles. The summed E-state index contributed by atoms with van der Waals surface area (Å²) in [5, 5.41) is 0.327. The van der Waals surface area contributed by atoms with Crippen molar-refractivity contribution < 1.29 is 23.9 Å². The largest absolute Gasteiger partial charge is 0.349 e. The number of rotatable bonds is 2. The summed E-state index contributed by atoms with van der Waals surface area (Å²) in [6.07, 6.45) is -1.03. The van der Waals surface area contributed by atoms with E-state index in [1.807, 2.05) is 6.92 Å². The Morgan fingerprint density at radius 1 is 0.794 bits per heavy atom. The minimum atomic E-state index is -2.11. The number of ether oxygens (including phenoxy) is 1. The Morgan fingerprint density at radius 2 is 1.38 bits per heavy atom. The average molecular weight is 472 g/mol. The molecule has 168 valence electrons. The summed E-state index contributed by atoms with van der Waals surface area (Å²) < 4.78 is 6.24. The lowest BCUT2D eigenvalue weighted by atomic mass is 9.77. The highest BCUT2D eigenvalue weighted by Gasteiger charge is 2.74. The van der Waals surface area contributed by atoms with E-state index in [0.29, 0.717) is 16.3 Å². The molecule has 0 bridgehead atoms. The average Bonchev–Trinajstić information content (AvgIpc) is 3.40. The van der Waals surface area contributed by atoms with Gasteiger partial charge >= 0.3 is 0 Å². The lowest BCUT2D eigenvalue weighted by molar-refractivity contribution is -0.127. The molecule has 2 aliphatic heterocycles. The molecule has 6 rings (SSSR count). The second-order valence-corrected chi connectivity index (χ2v) is 9.26. The van der Waals surface area contributed by atoms with Gasteiger partial charge in [0.1, 0.15) is 0 Å². The fraction of sp³-hybridized carbons (Fsp3) is 0.185. The molecule has 2 amide bonds. The summed E-state index contributed by atoms with van der Waals surface area (Å²) in [4.78, 5) is 56.1. The molecule has 0 saturated carbocycles. The van der Waals surface area contributed by atoms with Crippen LogP contribution >= 0.6 is 11.6 Å². The summed E-state index contributed by atoms with van der Waals surface area (Å²) in [6.45, 7) is 1.90. The summed E-state index contributed by atoms with van der Waals surface area (Å²) >= 11 is 6.45. The van der Waals surface area contributed by atoms with Crippen molar-refractivity contribution in [2.45, 2.75) is 18.6 Å². The highest BCUT2D eigenvalue weighted by Crippen LogP contribution is 2.58. The molecule has 0 unspecified atom stereocenters. The first kappa shape index (κ1) is 21.0. The van der Waals surface area contributed by atoms with Gasteiger partial charge in [0.2, 0.25) is 29.0 Å². The quantitative estimate of drug-likeness (QED) is 0.410. The van der Waals surface area contributed by atoms with Crippen molar-refractivity contribution in [2.75, 3.05) is 4.90 Å². The van der Waals surface area contributed by atoms with Gasteiger partial charge in [-0.3, -0.25) is 19.2 Å². The second kappa shape index (κ2) is 7.19. The third kappa shape index (κ3) is 2.55. The van der Waals surface area contributed by atoms with Gasteiger partial charge in [0, 0.05) is 21.7 Å². The van der Waals surface area contributed by atoms with Crippen LogP contribution in [0.4, 0.5) is 5.69 Å². The van der Waals surface area contributed by atoms with E-state index in [4.69, 9.17) is 16.3 Å². The molecule has 3 atom stereocenters. The van der Waals surface area contributed by atoms with Crippen molar-refractivity contribution in [3.05, 3.63) is 100 Å². The van der Waals surface area contributed by atoms with Gasteiger partial charge in [-0.2, -0.15) is 0 Å². The summed E-state index contributed by atoms with van der Waals surface area (Å²) in [5.41, 5.74) is 0.0937. The number of nitrogens with zero attached hydrogens (tertiary/aromatic N) is 1. The number of amides is 2. The number of anilines is 1. The van der Waals surface area contributed by atoms with Gasteiger partial charge in [-0.15, -0.1) is 0 Å². The number of fused-ring (bicyclic) bond motifs is 3. The third-order valence-corrected chi connectivity index (χ3v) is 7.37. The summed E-state index contributed by atoms with van der Waals surface area (Å²) in [6, 6.07) is 20.1. The maximum absolute atomic E-state index is 13.8. The van der Waals surface area contributed by atoms with Gasteiger partial charge in [-0.25, -0.2) is 4.90 Å². The number of aryl methyl sites for hydroxylation is 1. The van der Waals surface area contributed by atoms with E-state index >= 15 is 0 Å². The van der Waals surface area contributed by atoms with Gasteiger partial charge in [-0.1, -0.05) is 71.8 Å². The van der Waals surface area contributed by atoms with Crippen LogP contribution in [0, 0.1) is 18.8 Å². The van der Waals surface area contributed by atoms with Crippen molar-refractivity contribution in [1.82, 2.24) is 0 Å². The fourth-order valence-electron chi connectivity index (χ4n) is 5.45. The Morgan fingerprint density at radius 3 is 2.00 bits per heavy atom. The van der Waals surface area contributed by atoms with Crippen LogP contribution in [0.2, 0.25) is 5.02 Å².